The standard InChI is InChI=1S/C14H19N3/c1-12(13-5-3-2-4-6-13)7-9-15-11-14-8-10-16-17-14/h2-6,8,10,12,15H,7,9,11H2,1H3,(H,16,17). The molecular weight excluding hydrogens is 210 g/mol. The number of aromatic amines is 1. The smallest absolute Gasteiger partial charge is 0.0490 e. The van der Waals surface area contributed by atoms with Crippen molar-refractivity contribution in [3.05, 3.63) is 53.9 Å². The molecule has 0 amide bonds. The quantitative estimate of drug-likeness (QED) is 0.748. The maximum atomic E-state index is 3.92. The van der Waals surface area contributed by atoms with E-state index in [2.05, 4.69) is 52.8 Å². The molecule has 1 aromatic heterocycles. The molecule has 0 spiro atoms. The number of hydrogen-bond donors (Lipinski definition) is 2. The lowest BCUT2D eigenvalue weighted by molar-refractivity contribution is 0.589. The number of benzene rings is 1. The van der Waals surface area contributed by atoms with Crippen LogP contribution in [0.2, 0.25) is 0 Å². The van der Waals surface area contributed by atoms with Gasteiger partial charge in [0.05, 0.1) is 0 Å². The number of hydrogen-bond acceptors (Lipinski definition) is 2. The fourth-order valence-electron chi connectivity index (χ4n) is 1.87. The summed E-state index contributed by atoms with van der Waals surface area (Å²) in [7, 11) is 0. The molecule has 2 rings (SSSR count). The van der Waals surface area contributed by atoms with Crippen molar-refractivity contribution in [2.75, 3.05) is 6.54 Å². The normalized spacial score (nSPS) is 12.5. The summed E-state index contributed by atoms with van der Waals surface area (Å²) >= 11 is 0. The van der Waals surface area contributed by atoms with Crippen LogP contribution in [-0.2, 0) is 6.54 Å². The first-order valence-corrected chi connectivity index (χ1v) is 6.10. The van der Waals surface area contributed by atoms with Gasteiger partial charge in [0.25, 0.3) is 0 Å². The number of nitrogens with zero attached hydrogens (tertiary/aromatic N) is 1. The van der Waals surface area contributed by atoms with Gasteiger partial charge < -0.3 is 5.32 Å². The summed E-state index contributed by atoms with van der Waals surface area (Å²) in [5, 5.41) is 10.3. The minimum Gasteiger partial charge on any atom is -0.311 e. The molecule has 90 valence electrons. The first-order valence-electron chi connectivity index (χ1n) is 6.10. The van der Waals surface area contributed by atoms with Crippen LogP contribution in [0.3, 0.4) is 0 Å². The van der Waals surface area contributed by atoms with E-state index in [1.807, 2.05) is 6.07 Å². The third kappa shape index (κ3) is 3.71. The van der Waals surface area contributed by atoms with E-state index in [1.54, 1.807) is 6.20 Å². The molecule has 3 nitrogen and oxygen atoms in total. The number of nitrogens with one attached hydrogen (secondary N) is 2. The zero-order chi connectivity index (χ0) is 11.9. The minimum absolute atomic E-state index is 0.602. The van der Waals surface area contributed by atoms with Crippen LogP contribution in [0.1, 0.15) is 30.5 Å². The number of H-pyrrole nitrogens is 1. The van der Waals surface area contributed by atoms with Crippen LogP contribution in [0.4, 0.5) is 0 Å². The van der Waals surface area contributed by atoms with E-state index < -0.39 is 0 Å². The van der Waals surface area contributed by atoms with Crippen LogP contribution >= 0.6 is 0 Å². The molecule has 0 saturated carbocycles. The van der Waals surface area contributed by atoms with E-state index in [1.165, 1.54) is 5.56 Å². The van der Waals surface area contributed by atoms with E-state index in [-0.39, 0.29) is 0 Å². The summed E-state index contributed by atoms with van der Waals surface area (Å²) in [6.45, 7) is 4.16. The molecule has 0 fully saturated rings. The Labute approximate surface area is 102 Å². The zero-order valence-corrected chi connectivity index (χ0v) is 10.2. The highest BCUT2D eigenvalue weighted by molar-refractivity contribution is 5.18. The lowest BCUT2D eigenvalue weighted by Crippen LogP contribution is -2.16. The van der Waals surface area contributed by atoms with Gasteiger partial charge in [0.2, 0.25) is 0 Å². The Morgan fingerprint density at radius 2 is 2.06 bits per heavy atom. The molecule has 0 aliphatic rings. The van der Waals surface area contributed by atoms with E-state index in [4.69, 9.17) is 0 Å². The van der Waals surface area contributed by atoms with Gasteiger partial charge >= 0.3 is 0 Å². The van der Waals surface area contributed by atoms with Crippen molar-refractivity contribution >= 4 is 0 Å². The van der Waals surface area contributed by atoms with Crippen LogP contribution in [-0.4, -0.2) is 16.7 Å². The van der Waals surface area contributed by atoms with Gasteiger partial charge in [-0.3, -0.25) is 5.10 Å². The van der Waals surface area contributed by atoms with Crippen LogP contribution < -0.4 is 5.32 Å². The Morgan fingerprint density at radius 3 is 2.76 bits per heavy atom. The highest BCUT2D eigenvalue weighted by atomic mass is 15.1. The number of rotatable bonds is 6. The van der Waals surface area contributed by atoms with Crippen LogP contribution in [0, 0.1) is 0 Å². The van der Waals surface area contributed by atoms with Crippen molar-refractivity contribution in [2.45, 2.75) is 25.8 Å². The van der Waals surface area contributed by atoms with Crippen LogP contribution in [0.5, 0.6) is 0 Å². The van der Waals surface area contributed by atoms with Crippen molar-refractivity contribution < 1.29 is 0 Å². The Hall–Kier alpha value is -1.61. The lowest BCUT2D eigenvalue weighted by atomic mass is 9.98. The summed E-state index contributed by atoms with van der Waals surface area (Å²) in [6, 6.07) is 12.6. The van der Waals surface area contributed by atoms with Crippen molar-refractivity contribution in [1.29, 1.82) is 0 Å². The zero-order valence-electron chi connectivity index (χ0n) is 10.2. The Bertz CT molecular complexity index is 408. The topological polar surface area (TPSA) is 40.7 Å². The third-order valence-corrected chi connectivity index (χ3v) is 3.00. The van der Waals surface area contributed by atoms with Gasteiger partial charge in [-0.15, -0.1) is 0 Å². The highest BCUT2D eigenvalue weighted by Gasteiger charge is 2.03. The molecule has 2 N–H and O–H groups in total. The Morgan fingerprint density at radius 1 is 1.24 bits per heavy atom. The fraction of sp³-hybridized carbons (Fsp3) is 0.357. The molecule has 2 aromatic rings. The second kappa shape index (κ2) is 6.21. The molecule has 1 unspecified atom stereocenters. The van der Waals surface area contributed by atoms with Crippen molar-refractivity contribution in [3.8, 4) is 0 Å². The average Bonchev–Trinajstić information content (AvgIpc) is 2.88. The maximum Gasteiger partial charge on any atom is 0.0490 e. The first kappa shape index (κ1) is 11.9. The van der Waals surface area contributed by atoms with Gasteiger partial charge in [-0.2, -0.15) is 5.10 Å². The van der Waals surface area contributed by atoms with Gasteiger partial charge in [0.1, 0.15) is 0 Å². The van der Waals surface area contributed by atoms with Gasteiger partial charge in [0.15, 0.2) is 0 Å². The fourth-order valence-corrected chi connectivity index (χ4v) is 1.87. The predicted octanol–water partition coefficient (Wildman–Crippen LogP) is 2.69. The molecule has 1 heterocycles. The van der Waals surface area contributed by atoms with Crippen molar-refractivity contribution in [2.24, 2.45) is 0 Å². The first-order chi connectivity index (χ1) is 8.36. The number of aromatic nitrogens is 2. The molecule has 17 heavy (non-hydrogen) atoms. The van der Waals surface area contributed by atoms with Crippen LogP contribution in [0.25, 0.3) is 0 Å². The Kier molecular flexibility index (Phi) is 4.33. The second-order valence-electron chi connectivity index (χ2n) is 4.36. The molecular formula is C14H19N3. The molecule has 0 aliphatic carbocycles. The van der Waals surface area contributed by atoms with E-state index in [0.29, 0.717) is 5.92 Å². The summed E-state index contributed by atoms with van der Waals surface area (Å²) < 4.78 is 0. The summed E-state index contributed by atoms with van der Waals surface area (Å²) in [6.07, 6.45) is 2.93. The summed E-state index contributed by atoms with van der Waals surface area (Å²) in [5.74, 6) is 0.602. The van der Waals surface area contributed by atoms with E-state index >= 15 is 0 Å². The third-order valence-electron chi connectivity index (χ3n) is 3.00. The monoisotopic (exact) mass is 229 g/mol. The van der Waals surface area contributed by atoms with E-state index in [9.17, 15) is 0 Å². The molecule has 0 aliphatic heterocycles. The Balaban J connectivity index is 1.68. The second-order valence-corrected chi connectivity index (χ2v) is 4.36. The lowest BCUT2D eigenvalue weighted by Gasteiger charge is -2.11. The summed E-state index contributed by atoms with van der Waals surface area (Å²) in [5.41, 5.74) is 2.55. The molecule has 0 bridgehead atoms. The van der Waals surface area contributed by atoms with Gasteiger partial charge in [-0.25, -0.2) is 0 Å². The molecule has 0 saturated heterocycles. The average molecular weight is 229 g/mol. The van der Waals surface area contributed by atoms with E-state index in [0.717, 1.165) is 25.2 Å². The van der Waals surface area contributed by atoms with Crippen molar-refractivity contribution in [3.63, 3.8) is 0 Å². The minimum atomic E-state index is 0.602. The molecule has 0 radical (unpaired) electrons. The molecule has 1 aromatic carbocycles. The largest absolute Gasteiger partial charge is 0.311 e. The molecule has 3 heteroatoms. The molecule has 1 atom stereocenters. The predicted molar refractivity (Wildman–Crippen MR) is 69.8 cm³/mol. The maximum absolute atomic E-state index is 3.92. The highest BCUT2D eigenvalue weighted by Crippen LogP contribution is 2.17. The summed E-state index contributed by atoms with van der Waals surface area (Å²) in [4.78, 5) is 0. The van der Waals surface area contributed by atoms with Gasteiger partial charge in [-0.05, 0) is 30.5 Å². The van der Waals surface area contributed by atoms with Crippen molar-refractivity contribution in [1.82, 2.24) is 15.5 Å². The van der Waals surface area contributed by atoms with Gasteiger partial charge in [0, 0.05) is 18.4 Å². The SMILES string of the molecule is CC(CCNCc1ccn[nH]1)c1ccccc1. The van der Waals surface area contributed by atoms with Gasteiger partial charge in [-0.1, -0.05) is 37.3 Å². The van der Waals surface area contributed by atoms with Crippen LogP contribution in [0.15, 0.2) is 42.6 Å².